The van der Waals surface area contributed by atoms with E-state index in [9.17, 15) is 4.79 Å². The molecule has 4 N–H and O–H groups in total. The van der Waals surface area contributed by atoms with E-state index in [0.717, 1.165) is 0 Å². The minimum absolute atomic E-state index is 0.0817. The van der Waals surface area contributed by atoms with Gasteiger partial charge in [-0.15, -0.1) is 0 Å². The summed E-state index contributed by atoms with van der Waals surface area (Å²) in [5.74, 6) is -0.904. The van der Waals surface area contributed by atoms with E-state index in [2.05, 4.69) is 5.16 Å². The lowest BCUT2D eigenvalue weighted by molar-refractivity contribution is -0.148. The molecule has 0 aromatic carbocycles. The monoisotopic (exact) mass is 259 g/mol. The van der Waals surface area contributed by atoms with E-state index < -0.39 is 5.92 Å². The molecule has 0 aromatic rings. The molecule has 1 aliphatic heterocycles. The van der Waals surface area contributed by atoms with Crippen LogP contribution in [-0.2, 0) is 9.53 Å². The number of morpholine rings is 1. The number of hydrogen-bond acceptors (Lipinski definition) is 5. The van der Waals surface area contributed by atoms with Gasteiger partial charge in [-0.25, -0.2) is 0 Å². The predicted octanol–water partition coefficient (Wildman–Crippen LogP) is -0.633. The van der Waals surface area contributed by atoms with Crippen molar-refractivity contribution in [2.75, 3.05) is 19.8 Å². The number of carbonyl (C=O) groups excluding carboxylic acids is 1. The normalized spacial score (nSPS) is 27.1. The topological polar surface area (TPSA) is 108 Å². The summed E-state index contributed by atoms with van der Waals surface area (Å²) in [6.07, 6.45) is 0.0951. The standard InChI is InChI=1S/C11H21N3O4/c1-3-9(10(12)13-17)11(16)14-4-8(5-15)18-6-7(14)2/h7-9,15,17H,3-6H2,1-2H3,(H2,12,13). The quantitative estimate of drug-likeness (QED) is 0.269. The van der Waals surface area contributed by atoms with Crippen molar-refractivity contribution in [1.29, 1.82) is 0 Å². The lowest BCUT2D eigenvalue weighted by Crippen LogP contribution is -2.55. The van der Waals surface area contributed by atoms with Crippen LogP contribution in [0.3, 0.4) is 0 Å². The van der Waals surface area contributed by atoms with Crippen LogP contribution in [0.25, 0.3) is 0 Å². The molecular weight excluding hydrogens is 238 g/mol. The summed E-state index contributed by atoms with van der Waals surface area (Å²) in [6, 6.07) is -0.0826. The maximum absolute atomic E-state index is 12.3. The molecule has 3 unspecified atom stereocenters. The van der Waals surface area contributed by atoms with Crippen molar-refractivity contribution in [2.24, 2.45) is 16.8 Å². The van der Waals surface area contributed by atoms with E-state index in [1.54, 1.807) is 11.8 Å². The number of carbonyl (C=O) groups is 1. The zero-order valence-corrected chi connectivity index (χ0v) is 10.7. The van der Waals surface area contributed by atoms with E-state index in [-0.39, 0.29) is 30.5 Å². The van der Waals surface area contributed by atoms with E-state index in [1.165, 1.54) is 0 Å². The average molecular weight is 259 g/mol. The highest BCUT2D eigenvalue weighted by atomic mass is 16.5. The SMILES string of the molecule is CCC(C(=O)N1CC(CO)OCC1C)C(N)=NO. The summed E-state index contributed by atoms with van der Waals surface area (Å²) in [5, 5.41) is 20.7. The number of ether oxygens (including phenoxy) is 1. The van der Waals surface area contributed by atoms with Crippen molar-refractivity contribution in [3.8, 4) is 0 Å². The summed E-state index contributed by atoms with van der Waals surface area (Å²) in [4.78, 5) is 13.9. The van der Waals surface area contributed by atoms with Crippen molar-refractivity contribution in [3.63, 3.8) is 0 Å². The van der Waals surface area contributed by atoms with Crippen LogP contribution in [0.5, 0.6) is 0 Å². The van der Waals surface area contributed by atoms with E-state index >= 15 is 0 Å². The lowest BCUT2D eigenvalue weighted by Gasteiger charge is -2.38. The molecule has 7 heteroatoms. The van der Waals surface area contributed by atoms with Crippen LogP contribution in [-0.4, -0.2) is 58.9 Å². The predicted molar refractivity (Wildman–Crippen MR) is 65.2 cm³/mol. The zero-order valence-electron chi connectivity index (χ0n) is 10.7. The number of nitrogens with two attached hydrogens (primary N) is 1. The van der Waals surface area contributed by atoms with Gasteiger partial charge < -0.3 is 25.7 Å². The number of amides is 1. The first-order valence-corrected chi connectivity index (χ1v) is 6.05. The van der Waals surface area contributed by atoms with Crippen LogP contribution in [0.1, 0.15) is 20.3 Å². The molecule has 1 rings (SSSR count). The maximum atomic E-state index is 12.3. The molecule has 0 saturated carbocycles. The third-order valence-corrected chi connectivity index (χ3v) is 3.17. The highest BCUT2D eigenvalue weighted by molar-refractivity contribution is 6.02. The van der Waals surface area contributed by atoms with Crippen LogP contribution in [0, 0.1) is 5.92 Å². The van der Waals surface area contributed by atoms with Crippen LogP contribution in [0.2, 0.25) is 0 Å². The van der Waals surface area contributed by atoms with Crippen LogP contribution in [0.15, 0.2) is 5.16 Å². The Labute approximate surface area is 106 Å². The summed E-state index contributed by atoms with van der Waals surface area (Å²) in [5.41, 5.74) is 5.52. The third-order valence-electron chi connectivity index (χ3n) is 3.17. The molecule has 1 heterocycles. The number of aliphatic hydroxyl groups is 1. The second kappa shape index (κ2) is 6.55. The Balaban J connectivity index is 2.79. The summed E-state index contributed by atoms with van der Waals surface area (Å²) >= 11 is 0. The minimum Gasteiger partial charge on any atom is -0.409 e. The van der Waals surface area contributed by atoms with Gasteiger partial charge in [-0.1, -0.05) is 12.1 Å². The first-order valence-electron chi connectivity index (χ1n) is 6.05. The zero-order chi connectivity index (χ0) is 13.7. The largest absolute Gasteiger partial charge is 0.409 e. The fourth-order valence-corrected chi connectivity index (χ4v) is 2.02. The molecule has 0 radical (unpaired) electrons. The molecule has 104 valence electrons. The van der Waals surface area contributed by atoms with Crippen LogP contribution in [0.4, 0.5) is 0 Å². The van der Waals surface area contributed by atoms with E-state index in [4.69, 9.17) is 20.8 Å². The Hall–Kier alpha value is -1.34. The second-order valence-electron chi connectivity index (χ2n) is 4.46. The molecule has 1 aliphatic rings. The number of oxime groups is 1. The molecule has 18 heavy (non-hydrogen) atoms. The average Bonchev–Trinajstić information content (AvgIpc) is 2.39. The van der Waals surface area contributed by atoms with Crippen molar-refractivity contribution in [3.05, 3.63) is 0 Å². The molecule has 1 saturated heterocycles. The van der Waals surface area contributed by atoms with Crippen molar-refractivity contribution in [1.82, 2.24) is 4.90 Å². The third kappa shape index (κ3) is 3.11. The number of rotatable bonds is 4. The molecule has 0 spiro atoms. The fourth-order valence-electron chi connectivity index (χ4n) is 2.02. The maximum Gasteiger partial charge on any atom is 0.233 e. The molecule has 0 aliphatic carbocycles. The molecule has 0 bridgehead atoms. The minimum atomic E-state index is -0.630. The smallest absolute Gasteiger partial charge is 0.233 e. The van der Waals surface area contributed by atoms with Gasteiger partial charge in [0.05, 0.1) is 31.3 Å². The molecule has 7 nitrogen and oxygen atoms in total. The van der Waals surface area contributed by atoms with Gasteiger partial charge in [0, 0.05) is 6.54 Å². The first kappa shape index (κ1) is 14.7. The molecule has 0 aromatic heterocycles. The van der Waals surface area contributed by atoms with Gasteiger partial charge in [-0.2, -0.15) is 0 Å². The fraction of sp³-hybridized carbons (Fsp3) is 0.818. The number of nitrogens with zero attached hydrogens (tertiary/aromatic N) is 2. The van der Waals surface area contributed by atoms with E-state index in [1.807, 2.05) is 6.92 Å². The second-order valence-corrected chi connectivity index (χ2v) is 4.46. The first-order chi connectivity index (χ1) is 8.54. The van der Waals surface area contributed by atoms with Gasteiger partial charge in [-0.05, 0) is 13.3 Å². The van der Waals surface area contributed by atoms with Gasteiger partial charge in [0.25, 0.3) is 0 Å². The Morgan fingerprint density at radius 1 is 1.67 bits per heavy atom. The van der Waals surface area contributed by atoms with Gasteiger partial charge in [0.2, 0.25) is 5.91 Å². The highest BCUT2D eigenvalue weighted by Gasteiger charge is 2.34. The Morgan fingerprint density at radius 2 is 2.33 bits per heavy atom. The van der Waals surface area contributed by atoms with Crippen LogP contribution >= 0.6 is 0 Å². The van der Waals surface area contributed by atoms with Gasteiger partial charge in [0.1, 0.15) is 0 Å². The van der Waals surface area contributed by atoms with Gasteiger partial charge in [-0.3, -0.25) is 4.79 Å². The van der Waals surface area contributed by atoms with Gasteiger partial charge in [0.15, 0.2) is 5.84 Å². The number of aliphatic hydroxyl groups excluding tert-OH is 1. The van der Waals surface area contributed by atoms with Crippen molar-refractivity contribution >= 4 is 11.7 Å². The summed E-state index contributed by atoms with van der Waals surface area (Å²) in [6.45, 7) is 4.24. The molecule has 1 fully saturated rings. The number of amidine groups is 1. The molecular formula is C11H21N3O4. The Bertz CT molecular complexity index is 321. The Morgan fingerprint density at radius 3 is 2.83 bits per heavy atom. The van der Waals surface area contributed by atoms with Crippen LogP contribution < -0.4 is 5.73 Å². The van der Waals surface area contributed by atoms with Gasteiger partial charge >= 0.3 is 0 Å². The van der Waals surface area contributed by atoms with Crippen molar-refractivity contribution < 1.29 is 19.8 Å². The molecule has 3 atom stereocenters. The number of hydrogen-bond donors (Lipinski definition) is 3. The van der Waals surface area contributed by atoms with Crippen molar-refractivity contribution in [2.45, 2.75) is 32.4 Å². The summed E-state index contributed by atoms with van der Waals surface area (Å²) < 4.78 is 5.37. The molecule has 1 amide bonds. The lowest BCUT2D eigenvalue weighted by atomic mass is 10.0. The highest BCUT2D eigenvalue weighted by Crippen LogP contribution is 2.17. The summed E-state index contributed by atoms with van der Waals surface area (Å²) in [7, 11) is 0. The Kier molecular flexibility index (Phi) is 5.36. The van der Waals surface area contributed by atoms with E-state index in [0.29, 0.717) is 19.6 Å².